The SMILES string of the molecule is O=C(CO)N1CCN(c2ccc(N3C[C@H](CO)OC3=S)cc2F)CC1. The molecular weight excluding hydrogens is 349 g/mol. The Morgan fingerprint density at radius 2 is 2.00 bits per heavy atom. The van der Waals surface area contributed by atoms with Crippen LogP contribution in [-0.4, -0.2) is 78.2 Å². The number of aliphatic hydroxyl groups excluding tert-OH is 2. The zero-order chi connectivity index (χ0) is 18.0. The fourth-order valence-corrected chi connectivity index (χ4v) is 3.36. The van der Waals surface area contributed by atoms with E-state index in [1.807, 2.05) is 4.90 Å². The smallest absolute Gasteiger partial charge is 0.264 e. The van der Waals surface area contributed by atoms with Crippen LogP contribution in [-0.2, 0) is 9.53 Å². The van der Waals surface area contributed by atoms with Crippen molar-refractivity contribution in [3.8, 4) is 0 Å². The van der Waals surface area contributed by atoms with Gasteiger partial charge in [-0.15, -0.1) is 0 Å². The van der Waals surface area contributed by atoms with E-state index in [1.54, 1.807) is 21.9 Å². The van der Waals surface area contributed by atoms with Crippen molar-refractivity contribution in [3.63, 3.8) is 0 Å². The molecule has 3 rings (SSSR count). The maximum Gasteiger partial charge on any atom is 0.264 e. The summed E-state index contributed by atoms with van der Waals surface area (Å²) in [6.07, 6.45) is -0.396. The molecule has 1 amide bonds. The lowest BCUT2D eigenvalue weighted by atomic mass is 10.2. The van der Waals surface area contributed by atoms with Crippen molar-refractivity contribution < 1.29 is 24.1 Å². The summed E-state index contributed by atoms with van der Waals surface area (Å²) in [5, 5.41) is 18.3. The number of rotatable bonds is 4. The molecule has 0 radical (unpaired) electrons. The van der Waals surface area contributed by atoms with E-state index < -0.39 is 12.7 Å². The predicted molar refractivity (Wildman–Crippen MR) is 94.2 cm³/mol. The number of ether oxygens (including phenoxy) is 1. The van der Waals surface area contributed by atoms with Crippen LogP contribution in [0.2, 0.25) is 0 Å². The maximum atomic E-state index is 14.6. The van der Waals surface area contributed by atoms with Gasteiger partial charge in [-0.3, -0.25) is 9.69 Å². The minimum atomic E-state index is -0.504. The van der Waals surface area contributed by atoms with E-state index in [0.29, 0.717) is 44.1 Å². The van der Waals surface area contributed by atoms with Crippen LogP contribution in [0.15, 0.2) is 18.2 Å². The summed E-state index contributed by atoms with van der Waals surface area (Å²) in [5.41, 5.74) is 1.04. The summed E-state index contributed by atoms with van der Waals surface area (Å²) in [7, 11) is 0. The fourth-order valence-electron chi connectivity index (χ4n) is 3.04. The van der Waals surface area contributed by atoms with Gasteiger partial charge in [0.25, 0.3) is 5.17 Å². The van der Waals surface area contributed by atoms with Gasteiger partial charge >= 0.3 is 0 Å². The van der Waals surface area contributed by atoms with Crippen LogP contribution in [0.25, 0.3) is 0 Å². The van der Waals surface area contributed by atoms with Crippen molar-refractivity contribution in [2.75, 3.05) is 55.7 Å². The van der Waals surface area contributed by atoms with Crippen LogP contribution < -0.4 is 9.80 Å². The van der Waals surface area contributed by atoms with Crippen molar-refractivity contribution in [2.24, 2.45) is 0 Å². The molecule has 1 aromatic carbocycles. The summed E-state index contributed by atoms with van der Waals surface area (Å²) in [4.78, 5) is 16.6. The molecule has 25 heavy (non-hydrogen) atoms. The van der Waals surface area contributed by atoms with Gasteiger partial charge in [-0.1, -0.05) is 0 Å². The van der Waals surface area contributed by atoms with E-state index in [-0.39, 0.29) is 23.5 Å². The first-order valence-electron chi connectivity index (χ1n) is 8.05. The third kappa shape index (κ3) is 3.68. The Hall–Kier alpha value is -1.97. The number of aliphatic hydroxyl groups is 2. The number of halogens is 1. The Morgan fingerprint density at radius 3 is 2.56 bits per heavy atom. The van der Waals surface area contributed by atoms with Gasteiger partial charge in [-0.2, -0.15) is 0 Å². The molecular formula is C16H20FN3O4S. The molecule has 2 fully saturated rings. The number of amides is 1. The Balaban J connectivity index is 1.69. The molecule has 2 N–H and O–H groups in total. The first kappa shape index (κ1) is 17.8. The summed E-state index contributed by atoms with van der Waals surface area (Å²) in [5.74, 6) is -0.689. The van der Waals surface area contributed by atoms with Crippen LogP contribution >= 0.6 is 12.2 Å². The second kappa shape index (κ2) is 7.51. The summed E-state index contributed by atoms with van der Waals surface area (Å²) in [6, 6.07) is 4.85. The van der Waals surface area contributed by atoms with Gasteiger partial charge in [-0.05, 0) is 30.4 Å². The number of hydrogen-bond donors (Lipinski definition) is 2. The zero-order valence-electron chi connectivity index (χ0n) is 13.6. The predicted octanol–water partition coefficient (Wildman–Crippen LogP) is -0.0510. The first-order chi connectivity index (χ1) is 12.0. The highest BCUT2D eigenvalue weighted by Gasteiger charge is 2.29. The molecule has 1 atom stereocenters. The van der Waals surface area contributed by atoms with Crippen LogP contribution in [0, 0.1) is 5.82 Å². The molecule has 0 unspecified atom stereocenters. The average molecular weight is 369 g/mol. The number of piperazine rings is 1. The molecule has 0 aromatic heterocycles. The quantitative estimate of drug-likeness (QED) is 0.721. The number of hydrogen-bond acceptors (Lipinski definition) is 6. The van der Waals surface area contributed by atoms with Gasteiger partial charge in [0.15, 0.2) is 0 Å². The minimum absolute atomic E-state index is 0.145. The fraction of sp³-hybridized carbons (Fsp3) is 0.500. The van der Waals surface area contributed by atoms with Gasteiger partial charge < -0.3 is 24.7 Å². The molecule has 2 aliphatic heterocycles. The second-order valence-corrected chi connectivity index (χ2v) is 6.31. The number of anilines is 2. The molecule has 0 spiro atoms. The Morgan fingerprint density at radius 1 is 1.28 bits per heavy atom. The van der Waals surface area contributed by atoms with E-state index >= 15 is 0 Å². The summed E-state index contributed by atoms with van der Waals surface area (Å²) >= 11 is 5.12. The standard InChI is InChI=1S/C16H20FN3O4S/c17-13-7-11(20-8-12(9-21)24-16(20)25)1-2-14(13)18-3-5-19(6-4-18)15(23)10-22/h1-2,7,12,21-22H,3-6,8-10H2/t12-/m1/s1. The number of carbonyl (C=O) groups is 1. The third-order valence-corrected chi connectivity index (χ3v) is 4.75. The highest BCUT2D eigenvalue weighted by molar-refractivity contribution is 7.80. The lowest BCUT2D eigenvalue weighted by Crippen LogP contribution is -2.49. The van der Waals surface area contributed by atoms with E-state index in [0.717, 1.165) is 0 Å². The Kier molecular flexibility index (Phi) is 5.36. The van der Waals surface area contributed by atoms with Crippen LogP contribution in [0.5, 0.6) is 0 Å². The number of benzene rings is 1. The van der Waals surface area contributed by atoms with Crippen LogP contribution in [0.4, 0.5) is 15.8 Å². The normalized spacial score (nSPS) is 20.8. The van der Waals surface area contributed by atoms with Crippen LogP contribution in [0.1, 0.15) is 0 Å². The van der Waals surface area contributed by atoms with Crippen LogP contribution in [0.3, 0.4) is 0 Å². The van der Waals surface area contributed by atoms with Gasteiger partial charge in [-0.25, -0.2) is 4.39 Å². The molecule has 2 aliphatic rings. The summed E-state index contributed by atoms with van der Waals surface area (Å²) < 4.78 is 19.9. The number of nitrogens with zero attached hydrogens (tertiary/aromatic N) is 3. The third-order valence-electron chi connectivity index (χ3n) is 4.43. The molecule has 2 heterocycles. The van der Waals surface area contributed by atoms with Crippen molar-refractivity contribution in [3.05, 3.63) is 24.0 Å². The Labute approximate surface area is 150 Å². The van der Waals surface area contributed by atoms with E-state index in [4.69, 9.17) is 27.2 Å². The molecule has 2 saturated heterocycles. The summed E-state index contributed by atoms with van der Waals surface area (Å²) in [6.45, 7) is 1.63. The highest BCUT2D eigenvalue weighted by Crippen LogP contribution is 2.28. The topological polar surface area (TPSA) is 76.5 Å². The zero-order valence-corrected chi connectivity index (χ0v) is 14.4. The molecule has 136 valence electrons. The maximum absolute atomic E-state index is 14.6. The second-order valence-electron chi connectivity index (χ2n) is 5.96. The Bertz CT molecular complexity index is 667. The monoisotopic (exact) mass is 369 g/mol. The minimum Gasteiger partial charge on any atom is -0.463 e. The molecule has 0 bridgehead atoms. The lowest BCUT2D eigenvalue weighted by molar-refractivity contribution is -0.134. The number of carbonyl (C=O) groups excluding carboxylic acids is 1. The molecule has 9 heteroatoms. The average Bonchev–Trinajstić information content (AvgIpc) is 3.02. The first-order valence-corrected chi connectivity index (χ1v) is 8.46. The van der Waals surface area contributed by atoms with E-state index in [9.17, 15) is 9.18 Å². The van der Waals surface area contributed by atoms with Crippen molar-refractivity contribution in [2.45, 2.75) is 6.10 Å². The lowest BCUT2D eigenvalue weighted by Gasteiger charge is -2.36. The van der Waals surface area contributed by atoms with Crippen molar-refractivity contribution in [1.29, 1.82) is 0 Å². The molecule has 0 aliphatic carbocycles. The van der Waals surface area contributed by atoms with Gasteiger partial charge in [0.1, 0.15) is 18.5 Å². The molecule has 0 saturated carbocycles. The molecule has 1 aromatic rings. The largest absolute Gasteiger partial charge is 0.463 e. The number of thiocarbonyl (C=S) groups is 1. The highest BCUT2D eigenvalue weighted by atomic mass is 32.1. The van der Waals surface area contributed by atoms with Crippen molar-refractivity contribution in [1.82, 2.24) is 4.90 Å². The van der Waals surface area contributed by atoms with Gasteiger partial charge in [0.2, 0.25) is 5.91 Å². The van der Waals surface area contributed by atoms with Crippen molar-refractivity contribution >= 4 is 34.7 Å². The van der Waals surface area contributed by atoms with Gasteiger partial charge in [0, 0.05) is 31.9 Å². The van der Waals surface area contributed by atoms with Gasteiger partial charge in [0.05, 0.1) is 18.8 Å². The van der Waals surface area contributed by atoms with E-state index in [2.05, 4.69) is 0 Å². The molecule has 7 nitrogen and oxygen atoms in total. The van der Waals surface area contributed by atoms with E-state index in [1.165, 1.54) is 6.07 Å².